The van der Waals surface area contributed by atoms with Gasteiger partial charge in [0.2, 0.25) is 15.9 Å². The molecule has 1 amide bonds. The zero-order valence-electron chi connectivity index (χ0n) is 11.5. The summed E-state index contributed by atoms with van der Waals surface area (Å²) in [6, 6.07) is 0.149. The molecule has 0 bridgehead atoms. The Balaban J connectivity index is 2.61. The second-order valence-corrected chi connectivity index (χ2v) is 7.17. The van der Waals surface area contributed by atoms with Crippen LogP contribution < -0.4 is 5.32 Å². The van der Waals surface area contributed by atoms with Crippen molar-refractivity contribution in [2.24, 2.45) is 5.92 Å². The van der Waals surface area contributed by atoms with Gasteiger partial charge in [-0.25, -0.2) is 12.7 Å². The molecular formula is C12H24N2O3S. The number of carbonyl (C=O) groups is 1. The molecule has 1 N–H and O–H groups in total. The fourth-order valence-electron chi connectivity index (χ4n) is 2.05. The van der Waals surface area contributed by atoms with E-state index in [1.54, 1.807) is 6.92 Å². The lowest BCUT2D eigenvalue weighted by Crippen LogP contribution is -2.47. The molecular weight excluding hydrogens is 252 g/mol. The molecule has 2 atom stereocenters. The summed E-state index contributed by atoms with van der Waals surface area (Å²) in [7, 11) is -3.17. The van der Waals surface area contributed by atoms with Crippen LogP contribution in [-0.4, -0.2) is 43.5 Å². The quantitative estimate of drug-likeness (QED) is 0.813. The Morgan fingerprint density at radius 3 is 2.67 bits per heavy atom. The first kappa shape index (κ1) is 15.4. The number of hydrogen-bond acceptors (Lipinski definition) is 3. The van der Waals surface area contributed by atoms with E-state index in [1.165, 1.54) is 4.31 Å². The largest absolute Gasteiger partial charge is 0.353 e. The van der Waals surface area contributed by atoms with Crippen LogP contribution in [0.1, 0.15) is 40.0 Å². The van der Waals surface area contributed by atoms with Crippen molar-refractivity contribution in [2.75, 3.05) is 18.8 Å². The molecule has 1 rings (SSSR count). The Labute approximate surface area is 110 Å². The molecule has 0 aromatic heterocycles. The summed E-state index contributed by atoms with van der Waals surface area (Å²) in [5.41, 5.74) is 0. The van der Waals surface area contributed by atoms with Gasteiger partial charge < -0.3 is 5.32 Å². The normalized spacial score (nSPS) is 23.6. The van der Waals surface area contributed by atoms with Crippen molar-refractivity contribution in [2.45, 2.75) is 46.1 Å². The number of carbonyl (C=O) groups excluding carboxylic acids is 1. The number of piperidine rings is 1. The Morgan fingerprint density at radius 2 is 2.11 bits per heavy atom. The molecule has 106 valence electrons. The fourth-order valence-corrected chi connectivity index (χ4v) is 3.23. The van der Waals surface area contributed by atoms with E-state index in [9.17, 15) is 13.2 Å². The van der Waals surface area contributed by atoms with Gasteiger partial charge >= 0.3 is 0 Å². The molecule has 0 aromatic rings. The van der Waals surface area contributed by atoms with Gasteiger partial charge in [0.05, 0.1) is 11.7 Å². The summed E-state index contributed by atoms with van der Waals surface area (Å²) < 4.78 is 25.0. The standard InChI is InChI=1S/C12H24N2O3S/c1-4-10(3)13-12(15)11-7-6-8-14(9-11)18(16,17)5-2/h10-11H,4-9H2,1-3H3,(H,13,15)/t10-,11+/m0/s1. The molecule has 18 heavy (non-hydrogen) atoms. The van der Waals surface area contributed by atoms with Crippen LogP contribution in [0.4, 0.5) is 0 Å². The summed E-state index contributed by atoms with van der Waals surface area (Å²) in [4.78, 5) is 12.0. The maximum atomic E-state index is 12.0. The van der Waals surface area contributed by atoms with Crippen LogP contribution in [0.25, 0.3) is 0 Å². The average Bonchev–Trinajstić information content (AvgIpc) is 2.38. The number of nitrogens with one attached hydrogen (secondary N) is 1. The highest BCUT2D eigenvalue weighted by Crippen LogP contribution is 2.19. The highest BCUT2D eigenvalue weighted by Gasteiger charge is 2.31. The van der Waals surface area contributed by atoms with Gasteiger partial charge in [-0.15, -0.1) is 0 Å². The molecule has 1 saturated heterocycles. The maximum Gasteiger partial charge on any atom is 0.224 e. The van der Waals surface area contributed by atoms with Gasteiger partial charge in [-0.2, -0.15) is 0 Å². The average molecular weight is 276 g/mol. The maximum absolute atomic E-state index is 12.0. The van der Waals surface area contributed by atoms with Gasteiger partial charge in [-0.3, -0.25) is 4.79 Å². The molecule has 6 heteroatoms. The molecule has 0 aromatic carbocycles. The van der Waals surface area contributed by atoms with Crippen LogP contribution in [0.3, 0.4) is 0 Å². The molecule has 1 heterocycles. The monoisotopic (exact) mass is 276 g/mol. The van der Waals surface area contributed by atoms with E-state index in [2.05, 4.69) is 5.32 Å². The minimum absolute atomic E-state index is 0.0136. The van der Waals surface area contributed by atoms with Crippen molar-refractivity contribution in [1.82, 2.24) is 9.62 Å². The van der Waals surface area contributed by atoms with E-state index < -0.39 is 10.0 Å². The predicted molar refractivity (Wildman–Crippen MR) is 71.7 cm³/mol. The molecule has 1 aliphatic rings. The van der Waals surface area contributed by atoms with Gasteiger partial charge in [-0.1, -0.05) is 6.92 Å². The van der Waals surface area contributed by atoms with E-state index in [0.29, 0.717) is 13.1 Å². The molecule has 0 saturated carbocycles. The van der Waals surface area contributed by atoms with Crippen LogP contribution >= 0.6 is 0 Å². The SMILES string of the molecule is CC[C@H](C)NC(=O)[C@@H]1CCCN(S(=O)(=O)CC)C1. The third-order valence-electron chi connectivity index (χ3n) is 3.51. The minimum Gasteiger partial charge on any atom is -0.353 e. The highest BCUT2D eigenvalue weighted by molar-refractivity contribution is 7.89. The number of nitrogens with zero attached hydrogens (tertiary/aromatic N) is 1. The van der Waals surface area contributed by atoms with Crippen molar-refractivity contribution < 1.29 is 13.2 Å². The summed E-state index contributed by atoms with van der Waals surface area (Å²) >= 11 is 0. The Kier molecular flexibility index (Phi) is 5.59. The lowest BCUT2D eigenvalue weighted by Gasteiger charge is -2.31. The Morgan fingerprint density at radius 1 is 1.44 bits per heavy atom. The smallest absolute Gasteiger partial charge is 0.224 e. The van der Waals surface area contributed by atoms with Crippen molar-refractivity contribution in [1.29, 1.82) is 0 Å². The van der Waals surface area contributed by atoms with Gasteiger partial charge in [0.15, 0.2) is 0 Å². The molecule has 1 fully saturated rings. The van der Waals surface area contributed by atoms with Crippen molar-refractivity contribution in [3.63, 3.8) is 0 Å². The molecule has 5 nitrogen and oxygen atoms in total. The lowest BCUT2D eigenvalue weighted by molar-refractivity contribution is -0.126. The molecule has 0 spiro atoms. The first-order chi connectivity index (χ1) is 8.40. The summed E-state index contributed by atoms with van der Waals surface area (Å²) in [6.07, 6.45) is 2.42. The fraction of sp³-hybridized carbons (Fsp3) is 0.917. The number of hydrogen-bond donors (Lipinski definition) is 1. The Hall–Kier alpha value is -0.620. The lowest BCUT2D eigenvalue weighted by atomic mass is 9.98. The van der Waals surface area contributed by atoms with Gasteiger partial charge in [-0.05, 0) is 33.1 Å². The molecule has 1 aliphatic heterocycles. The first-order valence-corrected chi connectivity index (χ1v) is 8.29. The summed E-state index contributed by atoms with van der Waals surface area (Å²) in [5.74, 6) is -0.110. The summed E-state index contributed by atoms with van der Waals surface area (Å²) in [6.45, 7) is 6.49. The minimum atomic E-state index is -3.17. The summed E-state index contributed by atoms with van der Waals surface area (Å²) in [5, 5.41) is 2.93. The topological polar surface area (TPSA) is 66.5 Å². The molecule has 0 aliphatic carbocycles. The first-order valence-electron chi connectivity index (χ1n) is 6.68. The third-order valence-corrected chi connectivity index (χ3v) is 5.36. The van der Waals surface area contributed by atoms with E-state index in [0.717, 1.165) is 19.3 Å². The van der Waals surface area contributed by atoms with Gasteiger partial charge in [0.25, 0.3) is 0 Å². The van der Waals surface area contributed by atoms with Crippen LogP contribution in [-0.2, 0) is 14.8 Å². The van der Waals surface area contributed by atoms with Crippen molar-refractivity contribution in [3.8, 4) is 0 Å². The number of sulfonamides is 1. The van der Waals surface area contributed by atoms with Crippen LogP contribution in [0.2, 0.25) is 0 Å². The second kappa shape index (κ2) is 6.52. The van der Waals surface area contributed by atoms with Crippen LogP contribution in [0.5, 0.6) is 0 Å². The van der Waals surface area contributed by atoms with Crippen molar-refractivity contribution >= 4 is 15.9 Å². The van der Waals surface area contributed by atoms with Gasteiger partial charge in [0, 0.05) is 19.1 Å². The Bertz CT molecular complexity index is 381. The van der Waals surface area contributed by atoms with Gasteiger partial charge in [0.1, 0.15) is 0 Å². The number of amides is 1. The van der Waals surface area contributed by atoms with Crippen LogP contribution in [0, 0.1) is 5.92 Å². The predicted octanol–water partition coefficient (Wildman–Crippen LogP) is 0.963. The number of rotatable bonds is 5. The molecule has 0 unspecified atom stereocenters. The highest BCUT2D eigenvalue weighted by atomic mass is 32.2. The molecule has 0 radical (unpaired) electrons. The zero-order chi connectivity index (χ0) is 13.8. The van der Waals surface area contributed by atoms with Crippen molar-refractivity contribution in [3.05, 3.63) is 0 Å². The zero-order valence-corrected chi connectivity index (χ0v) is 12.3. The van der Waals surface area contributed by atoms with E-state index in [4.69, 9.17) is 0 Å². The third kappa shape index (κ3) is 3.95. The van der Waals surface area contributed by atoms with E-state index in [1.807, 2.05) is 13.8 Å². The second-order valence-electron chi connectivity index (χ2n) is 4.92. The van der Waals surface area contributed by atoms with E-state index in [-0.39, 0.29) is 23.6 Å². The van der Waals surface area contributed by atoms with Crippen LogP contribution in [0.15, 0.2) is 0 Å². The van der Waals surface area contributed by atoms with E-state index >= 15 is 0 Å².